The predicted molar refractivity (Wildman–Crippen MR) is 59.1 cm³/mol. The molecule has 0 spiro atoms. The number of carboxylic acid groups (broad SMARTS) is 1. The van der Waals surface area contributed by atoms with Gasteiger partial charge in [0, 0.05) is 13.1 Å². The van der Waals surface area contributed by atoms with Crippen LogP contribution >= 0.6 is 0 Å². The van der Waals surface area contributed by atoms with Crippen LogP contribution in [0.5, 0.6) is 0 Å². The third-order valence-corrected chi connectivity index (χ3v) is 5.20. The van der Waals surface area contributed by atoms with Gasteiger partial charge in [-0.1, -0.05) is 0 Å². The second-order valence-electron chi connectivity index (χ2n) is 4.71. The molecule has 2 heterocycles. The second kappa shape index (κ2) is 4.29. The summed E-state index contributed by atoms with van der Waals surface area (Å²) < 4.78 is 22.5. The smallest absolute Gasteiger partial charge is 0.308 e. The van der Waals surface area contributed by atoms with E-state index in [2.05, 4.69) is 0 Å². The average molecular weight is 261 g/mol. The zero-order chi connectivity index (χ0) is 12.6. The monoisotopic (exact) mass is 261 g/mol. The van der Waals surface area contributed by atoms with Crippen LogP contribution in [0.4, 0.5) is 0 Å². The first-order valence-electron chi connectivity index (χ1n) is 5.61. The molecule has 2 atom stereocenters. The molecule has 2 unspecified atom stereocenters. The standard InChI is InChI=1S/C10H15NO5S/c12-9(8-2-4-17(15,16)6-8)11-3-1-7(5-11)10(13)14/h7-8H,1-6H2,(H,13,14). The van der Waals surface area contributed by atoms with Gasteiger partial charge in [-0.25, -0.2) is 8.42 Å². The molecule has 2 aliphatic heterocycles. The van der Waals surface area contributed by atoms with Crippen molar-refractivity contribution in [3.8, 4) is 0 Å². The fraction of sp³-hybridized carbons (Fsp3) is 0.800. The van der Waals surface area contributed by atoms with Crippen LogP contribution in [0.2, 0.25) is 0 Å². The Kier molecular flexibility index (Phi) is 3.11. The molecule has 1 N–H and O–H groups in total. The second-order valence-corrected chi connectivity index (χ2v) is 6.94. The van der Waals surface area contributed by atoms with E-state index in [-0.39, 0.29) is 24.0 Å². The highest BCUT2D eigenvalue weighted by Crippen LogP contribution is 2.24. The van der Waals surface area contributed by atoms with Gasteiger partial charge >= 0.3 is 5.97 Å². The maximum Gasteiger partial charge on any atom is 0.308 e. The van der Waals surface area contributed by atoms with Crippen molar-refractivity contribution in [1.82, 2.24) is 4.90 Å². The van der Waals surface area contributed by atoms with Crippen LogP contribution in [0.15, 0.2) is 0 Å². The van der Waals surface area contributed by atoms with Gasteiger partial charge in [-0.05, 0) is 12.8 Å². The molecule has 2 saturated heterocycles. The highest BCUT2D eigenvalue weighted by atomic mass is 32.2. The Bertz CT molecular complexity index is 444. The molecule has 96 valence electrons. The van der Waals surface area contributed by atoms with Gasteiger partial charge in [-0.3, -0.25) is 9.59 Å². The van der Waals surface area contributed by atoms with E-state index >= 15 is 0 Å². The number of aliphatic carboxylic acids is 1. The Morgan fingerprint density at radius 1 is 1.18 bits per heavy atom. The highest BCUT2D eigenvalue weighted by Gasteiger charge is 2.38. The van der Waals surface area contributed by atoms with Crippen molar-refractivity contribution >= 4 is 21.7 Å². The van der Waals surface area contributed by atoms with Crippen LogP contribution in [0.3, 0.4) is 0 Å². The molecule has 2 fully saturated rings. The van der Waals surface area contributed by atoms with Crippen molar-refractivity contribution in [2.75, 3.05) is 24.6 Å². The summed E-state index contributed by atoms with van der Waals surface area (Å²) in [6.45, 7) is 0.636. The first kappa shape index (κ1) is 12.3. The molecule has 0 aromatic heterocycles. The number of rotatable bonds is 2. The average Bonchev–Trinajstić information content (AvgIpc) is 2.83. The van der Waals surface area contributed by atoms with E-state index in [0.717, 1.165) is 0 Å². The predicted octanol–water partition coefficient (Wildman–Crippen LogP) is -0.646. The van der Waals surface area contributed by atoms with Gasteiger partial charge in [0.25, 0.3) is 0 Å². The van der Waals surface area contributed by atoms with E-state index in [4.69, 9.17) is 5.11 Å². The van der Waals surface area contributed by atoms with Gasteiger partial charge in [-0.15, -0.1) is 0 Å². The van der Waals surface area contributed by atoms with Crippen LogP contribution in [0.25, 0.3) is 0 Å². The van der Waals surface area contributed by atoms with Crippen LogP contribution in [-0.2, 0) is 19.4 Å². The summed E-state index contributed by atoms with van der Waals surface area (Å²) in [5, 5.41) is 8.83. The first-order chi connectivity index (χ1) is 7.89. The number of carbonyl (C=O) groups excluding carboxylic acids is 1. The molecular formula is C10H15NO5S. The normalized spacial score (nSPS) is 31.6. The topological polar surface area (TPSA) is 91.8 Å². The lowest BCUT2D eigenvalue weighted by Gasteiger charge is -2.19. The molecule has 7 heteroatoms. The number of likely N-dealkylation sites (tertiary alicyclic amines) is 1. The van der Waals surface area contributed by atoms with E-state index in [1.807, 2.05) is 0 Å². The van der Waals surface area contributed by atoms with Crippen LogP contribution in [-0.4, -0.2) is 54.9 Å². The van der Waals surface area contributed by atoms with E-state index in [1.54, 1.807) is 0 Å². The van der Waals surface area contributed by atoms with Gasteiger partial charge in [-0.2, -0.15) is 0 Å². The maximum atomic E-state index is 12.0. The summed E-state index contributed by atoms with van der Waals surface area (Å²) in [5.41, 5.74) is 0. The number of sulfone groups is 1. The van der Waals surface area contributed by atoms with Gasteiger partial charge in [0.1, 0.15) is 0 Å². The zero-order valence-corrected chi connectivity index (χ0v) is 10.1. The van der Waals surface area contributed by atoms with Crippen molar-refractivity contribution in [1.29, 1.82) is 0 Å². The first-order valence-corrected chi connectivity index (χ1v) is 7.43. The number of hydrogen-bond acceptors (Lipinski definition) is 4. The zero-order valence-electron chi connectivity index (χ0n) is 9.33. The molecule has 0 bridgehead atoms. The van der Waals surface area contributed by atoms with E-state index in [9.17, 15) is 18.0 Å². The lowest BCUT2D eigenvalue weighted by atomic mass is 10.1. The molecule has 1 amide bonds. The molecule has 0 aromatic carbocycles. The molecular weight excluding hydrogens is 246 g/mol. The fourth-order valence-electron chi connectivity index (χ4n) is 2.41. The lowest BCUT2D eigenvalue weighted by Crippen LogP contribution is -2.35. The lowest BCUT2D eigenvalue weighted by molar-refractivity contribution is -0.141. The molecule has 0 aromatic rings. The summed E-state index contributed by atoms with van der Waals surface area (Å²) in [6.07, 6.45) is 0.829. The maximum absolute atomic E-state index is 12.0. The quantitative estimate of drug-likeness (QED) is 0.713. The Morgan fingerprint density at radius 3 is 2.35 bits per heavy atom. The number of carbonyl (C=O) groups is 2. The van der Waals surface area contributed by atoms with E-state index in [1.165, 1.54) is 4.90 Å². The Balaban J connectivity index is 1.96. The third-order valence-electron chi connectivity index (χ3n) is 3.43. The summed E-state index contributed by atoms with van der Waals surface area (Å²) >= 11 is 0. The van der Waals surface area contributed by atoms with E-state index in [0.29, 0.717) is 19.4 Å². The van der Waals surface area contributed by atoms with Crippen LogP contribution in [0, 0.1) is 11.8 Å². The molecule has 6 nitrogen and oxygen atoms in total. The molecule has 0 aliphatic carbocycles. The number of amides is 1. The fourth-order valence-corrected chi connectivity index (χ4v) is 4.14. The number of hydrogen-bond donors (Lipinski definition) is 1. The molecule has 0 radical (unpaired) electrons. The largest absolute Gasteiger partial charge is 0.481 e. The van der Waals surface area contributed by atoms with Crippen molar-refractivity contribution < 1.29 is 23.1 Å². The van der Waals surface area contributed by atoms with Gasteiger partial charge in [0.05, 0.1) is 23.3 Å². The molecule has 2 aliphatic rings. The van der Waals surface area contributed by atoms with Crippen molar-refractivity contribution in [3.63, 3.8) is 0 Å². The Hall–Kier alpha value is -1.11. The molecule has 0 saturated carbocycles. The Labute approximate surface area is 99.5 Å². The van der Waals surface area contributed by atoms with Gasteiger partial charge in [0.15, 0.2) is 9.84 Å². The SMILES string of the molecule is O=C(O)C1CCN(C(=O)C2CCS(=O)(=O)C2)C1. The Morgan fingerprint density at radius 2 is 1.88 bits per heavy atom. The summed E-state index contributed by atoms with van der Waals surface area (Å²) in [5.74, 6) is -2.07. The summed E-state index contributed by atoms with van der Waals surface area (Å²) in [4.78, 5) is 24.2. The van der Waals surface area contributed by atoms with E-state index < -0.39 is 27.6 Å². The van der Waals surface area contributed by atoms with Crippen LogP contribution in [0.1, 0.15) is 12.8 Å². The number of nitrogens with zero attached hydrogens (tertiary/aromatic N) is 1. The third kappa shape index (κ3) is 2.59. The van der Waals surface area contributed by atoms with Gasteiger partial charge < -0.3 is 10.0 Å². The minimum Gasteiger partial charge on any atom is -0.481 e. The van der Waals surface area contributed by atoms with Crippen molar-refractivity contribution in [2.24, 2.45) is 11.8 Å². The molecule has 17 heavy (non-hydrogen) atoms. The van der Waals surface area contributed by atoms with Crippen molar-refractivity contribution in [2.45, 2.75) is 12.8 Å². The summed E-state index contributed by atoms with van der Waals surface area (Å²) in [6, 6.07) is 0. The van der Waals surface area contributed by atoms with Gasteiger partial charge in [0.2, 0.25) is 5.91 Å². The minimum atomic E-state index is -3.06. The van der Waals surface area contributed by atoms with Crippen molar-refractivity contribution in [3.05, 3.63) is 0 Å². The minimum absolute atomic E-state index is 0.0691. The highest BCUT2D eigenvalue weighted by molar-refractivity contribution is 7.91. The van der Waals surface area contributed by atoms with Crippen LogP contribution < -0.4 is 0 Å². The number of carboxylic acids is 1. The summed E-state index contributed by atoms with van der Waals surface area (Å²) in [7, 11) is -3.06. The molecule has 2 rings (SSSR count).